The number of hydrogen-bond donors (Lipinski definition) is 0. The van der Waals surface area contributed by atoms with Crippen LogP contribution in [0.4, 0.5) is 13.2 Å². The van der Waals surface area contributed by atoms with Crippen molar-refractivity contribution < 1.29 is 13.2 Å². The van der Waals surface area contributed by atoms with Gasteiger partial charge in [0.2, 0.25) is 0 Å². The van der Waals surface area contributed by atoms with Gasteiger partial charge in [0.1, 0.15) is 11.6 Å². The lowest BCUT2D eigenvalue weighted by Gasteiger charge is -2.10. The summed E-state index contributed by atoms with van der Waals surface area (Å²) in [7, 11) is 0. The average Bonchev–Trinajstić information content (AvgIpc) is 3.02. The van der Waals surface area contributed by atoms with Crippen LogP contribution in [0, 0.1) is 11.3 Å². The Morgan fingerprint density at radius 1 is 1.33 bits per heavy atom. The highest BCUT2D eigenvalue weighted by Gasteiger charge is 2.35. The van der Waals surface area contributed by atoms with Crippen LogP contribution >= 0.6 is 22.9 Å². The molecule has 3 rings (SSSR count). The first kappa shape index (κ1) is 13.9. The summed E-state index contributed by atoms with van der Waals surface area (Å²) in [6.07, 6.45) is -3.56. The smallest absolute Gasteiger partial charge is 0.226 e. The summed E-state index contributed by atoms with van der Waals surface area (Å²) in [5, 5.41) is 12.5. The minimum atomic E-state index is -4.62. The molecule has 3 aromatic rings. The van der Waals surface area contributed by atoms with E-state index in [2.05, 4.69) is 10.1 Å². The van der Waals surface area contributed by atoms with Crippen molar-refractivity contribution in [1.82, 2.24) is 14.6 Å². The maximum Gasteiger partial charge on any atom is 0.433 e. The SMILES string of the molecule is N#Cc1cnn2c(C(F)(F)F)cc(-c3ccc(Cl)s3)nc12. The van der Waals surface area contributed by atoms with Gasteiger partial charge in [0.25, 0.3) is 0 Å². The van der Waals surface area contributed by atoms with E-state index in [4.69, 9.17) is 16.9 Å². The average molecular weight is 329 g/mol. The highest BCUT2D eigenvalue weighted by atomic mass is 35.5. The van der Waals surface area contributed by atoms with Crippen molar-refractivity contribution in [2.24, 2.45) is 0 Å². The van der Waals surface area contributed by atoms with Crippen LogP contribution in [-0.2, 0) is 6.18 Å². The second kappa shape index (κ2) is 4.72. The van der Waals surface area contributed by atoms with Gasteiger partial charge in [0.15, 0.2) is 11.3 Å². The molecule has 0 N–H and O–H groups in total. The van der Waals surface area contributed by atoms with Gasteiger partial charge in [-0.25, -0.2) is 9.50 Å². The topological polar surface area (TPSA) is 54.0 Å². The molecule has 0 fully saturated rings. The molecule has 0 saturated carbocycles. The molecule has 0 aliphatic heterocycles. The van der Waals surface area contributed by atoms with Crippen molar-refractivity contribution in [3.63, 3.8) is 0 Å². The molecule has 0 amide bonds. The van der Waals surface area contributed by atoms with Crippen molar-refractivity contribution in [2.75, 3.05) is 0 Å². The first-order chi connectivity index (χ1) is 9.90. The second-order valence-electron chi connectivity index (χ2n) is 4.03. The zero-order chi connectivity index (χ0) is 15.2. The number of hydrogen-bond acceptors (Lipinski definition) is 4. The van der Waals surface area contributed by atoms with E-state index < -0.39 is 11.9 Å². The third-order valence-corrected chi connectivity index (χ3v) is 3.96. The Hall–Kier alpha value is -2.11. The fourth-order valence-electron chi connectivity index (χ4n) is 1.82. The van der Waals surface area contributed by atoms with E-state index in [1.807, 2.05) is 0 Å². The number of nitriles is 1. The van der Waals surface area contributed by atoms with E-state index >= 15 is 0 Å². The summed E-state index contributed by atoms with van der Waals surface area (Å²) < 4.78 is 40.5. The summed E-state index contributed by atoms with van der Waals surface area (Å²) in [6, 6.07) is 5.82. The molecule has 0 radical (unpaired) electrons. The Morgan fingerprint density at radius 3 is 2.67 bits per heavy atom. The van der Waals surface area contributed by atoms with Crippen LogP contribution in [0.2, 0.25) is 4.34 Å². The first-order valence-electron chi connectivity index (χ1n) is 5.52. The van der Waals surface area contributed by atoms with E-state index in [0.29, 0.717) is 13.7 Å². The Balaban J connectivity index is 2.35. The van der Waals surface area contributed by atoms with Crippen molar-refractivity contribution in [3.8, 4) is 16.6 Å². The molecule has 3 aromatic heterocycles. The molecule has 0 atom stereocenters. The van der Waals surface area contributed by atoms with Gasteiger partial charge < -0.3 is 0 Å². The molecule has 9 heteroatoms. The molecule has 0 aliphatic carbocycles. The van der Waals surface area contributed by atoms with Crippen LogP contribution in [-0.4, -0.2) is 14.6 Å². The number of nitrogens with zero attached hydrogens (tertiary/aromatic N) is 4. The maximum atomic E-state index is 13.1. The molecule has 0 bridgehead atoms. The van der Waals surface area contributed by atoms with E-state index in [1.165, 1.54) is 0 Å². The Morgan fingerprint density at radius 2 is 2.10 bits per heavy atom. The highest BCUT2D eigenvalue weighted by molar-refractivity contribution is 7.19. The first-order valence-corrected chi connectivity index (χ1v) is 6.71. The molecule has 0 saturated heterocycles. The summed E-state index contributed by atoms with van der Waals surface area (Å²) in [5.41, 5.74) is -1.05. The minimum Gasteiger partial charge on any atom is -0.226 e. The Kier molecular flexibility index (Phi) is 3.11. The third-order valence-electron chi connectivity index (χ3n) is 2.71. The van der Waals surface area contributed by atoms with E-state index in [0.717, 1.165) is 23.6 Å². The second-order valence-corrected chi connectivity index (χ2v) is 5.75. The van der Waals surface area contributed by atoms with E-state index in [9.17, 15) is 13.2 Å². The fourth-order valence-corrected chi connectivity index (χ4v) is 2.83. The number of halogens is 4. The van der Waals surface area contributed by atoms with Crippen molar-refractivity contribution in [2.45, 2.75) is 6.18 Å². The molecule has 0 unspecified atom stereocenters. The predicted molar refractivity (Wildman–Crippen MR) is 71.0 cm³/mol. The van der Waals surface area contributed by atoms with Crippen LogP contribution < -0.4 is 0 Å². The highest BCUT2D eigenvalue weighted by Crippen LogP contribution is 2.35. The molecular formula is C12H4ClF3N4S. The third kappa shape index (κ3) is 2.34. The number of thiophene rings is 1. The number of alkyl halides is 3. The summed E-state index contributed by atoms with van der Waals surface area (Å²) in [6.45, 7) is 0. The van der Waals surface area contributed by atoms with Crippen LogP contribution in [0.1, 0.15) is 11.3 Å². The summed E-state index contributed by atoms with van der Waals surface area (Å²) in [5.74, 6) is 0. The van der Waals surface area contributed by atoms with Crippen LogP contribution in [0.25, 0.3) is 16.2 Å². The standard InChI is InChI=1S/C12H4ClF3N4S/c13-10-2-1-8(21-10)7-3-9(12(14,15)16)20-11(19-7)6(4-17)5-18-20/h1-3,5H. The van der Waals surface area contributed by atoms with Gasteiger partial charge in [-0.2, -0.15) is 23.5 Å². The van der Waals surface area contributed by atoms with Gasteiger partial charge in [0, 0.05) is 0 Å². The van der Waals surface area contributed by atoms with Gasteiger partial charge in [-0.1, -0.05) is 11.6 Å². The van der Waals surface area contributed by atoms with Gasteiger partial charge in [-0.15, -0.1) is 11.3 Å². The van der Waals surface area contributed by atoms with Crippen molar-refractivity contribution in [3.05, 3.63) is 40.0 Å². The molecular weight excluding hydrogens is 325 g/mol. The van der Waals surface area contributed by atoms with Gasteiger partial charge in [-0.05, 0) is 18.2 Å². The van der Waals surface area contributed by atoms with Crippen molar-refractivity contribution in [1.29, 1.82) is 5.26 Å². The quantitative estimate of drug-likeness (QED) is 0.678. The lowest BCUT2D eigenvalue weighted by Crippen LogP contribution is -2.13. The van der Waals surface area contributed by atoms with Crippen molar-refractivity contribution >= 4 is 28.6 Å². The van der Waals surface area contributed by atoms with E-state index in [1.54, 1.807) is 18.2 Å². The minimum absolute atomic E-state index is 0.0231. The Labute approximate surface area is 125 Å². The molecule has 4 nitrogen and oxygen atoms in total. The monoisotopic (exact) mass is 328 g/mol. The molecule has 0 spiro atoms. The predicted octanol–water partition coefficient (Wildman–Crippen LogP) is 4.00. The number of fused-ring (bicyclic) bond motifs is 1. The Bertz CT molecular complexity index is 875. The van der Waals surface area contributed by atoms with E-state index in [-0.39, 0.29) is 16.9 Å². The lowest BCUT2D eigenvalue weighted by atomic mass is 10.2. The van der Waals surface area contributed by atoms with Crippen LogP contribution in [0.15, 0.2) is 24.4 Å². The molecule has 0 aliphatic rings. The largest absolute Gasteiger partial charge is 0.433 e. The summed E-state index contributed by atoms with van der Waals surface area (Å²) >= 11 is 6.90. The zero-order valence-electron chi connectivity index (χ0n) is 10.0. The lowest BCUT2D eigenvalue weighted by molar-refractivity contribution is -0.142. The van der Waals surface area contributed by atoms with Gasteiger partial charge >= 0.3 is 6.18 Å². The zero-order valence-corrected chi connectivity index (χ0v) is 11.6. The maximum absolute atomic E-state index is 13.1. The number of aromatic nitrogens is 3. The van der Waals surface area contributed by atoms with Crippen LogP contribution in [0.5, 0.6) is 0 Å². The summed E-state index contributed by atoms with van der Waals surface area (Å²) in [4.78, 5) is 4.58. The normalized spacial score (nSPS) is 11.8. The van der Waals surface area contributed by atoms with Gasteiger partial charge in [0.05, 0.1) is 21.1 Å². The molecule has 0 aromatic carbocycles. The van der Waals surface area contributed by atoms with Crippen LogP contribution in [0.3, 0.4) is 0 Å². The molecule has 21 heavy (non-hydrogen) atoms. The molecule has 3 heterocycles. The van der Waals surface area contributed by atoms with Gasteiger partial charge in [-0.3, -0.25) is 0 Å². The number of rotatable bonds is 1. The molecule has 106 valence electrons. The fraction of sp³-hybridized carbons (Fsp3) is 0.0833.